The van der Waals surface area contributed by atoms with Crippen LogP contribution in [0.2, 0.25) is 0 Å². The fourth-order valence-electron chi connectivity index (χ4n) is 4.14. The van der Waals surface area contributed by atoms with Gasteiger partial charge in [-0.25, -0.2) is 0 Å². The Morgan fingerprint density at radius 3 is 2.23 bits per heavy atom. The van der Waals surface area contributed by atoms with E-state index in [-0.39, 0.29) is 11.8 Å². The molecule has 30 heavy (non-hydrogen) atoms. The van der Waals surface area contributed by atoms with Crippen molar-refractivity contribution in [1.82, 2.24) is 10.1 Å². The summed E-state index contributed by atoms with van der Waals surface area (Å²) < 4.78 is 16.2. The zero-order valence-corrected chi connectivity index (χ0v) is 17.9. The van der Waals surface area contributed by atoms with Crippen molar-refractivity contribution in [2.24, 2.45) is 0 Å². The second-order valence-electron chi connectivity index (χ2n) is 7.71. The third-order valence-electron chi connectivity index (χ3n) is 5.43. The van der Waals surface area contributed by atoms with E-state index in [1.54, 1.807) is 20.3 Å². The molecule has 1 aliphatic rings. The molecule has 1 saturated heterocycles. The molecule has 0 aliphatic carbocycles. The molecule has 0 N–H and O–H groups in total. The number of amides is 1. The molecule has 7 nitrogen and oxygen atoms in total. The number of benzene rings is 2. The minimum Gasteiger partial charge on any atom is -0.497 e. The lowest BCUT2D eigenvalue weighted by molar-refractivity contribution is -0.117. The van der Waals surface area contributed by atoms with Crippen LogP contribution in [-0.4, -0.2) is 36.8 Å². The Bertz CT molecular complexity index is 1060. The van der Waals surface area contributed by atoms with Crippen molar-refractivity contribution >= 4 is 11.6 Å². The predicted molar refractivity (Wildman–Crippen MR) is 113 cm³/mol. The number of ether oxygens (including phenoxy) is 2. The number of rotatable bonds is 5. The minimum absolute atomic E-state index is 0.0675. The molecule has 2 aromatic carbocycles. The van der Waals surface area contributed by atoms with Crippen molar-refractivity contribution in [3.63, 3.8) is 0 Å². The van der Waals surface area contributed by atoms with Gasteiger partial charge in [0.05, 0.1) is 20.1 Å². The number of aryl methyl sites for hydroxylation is 3. The summed E-state index contributed by atoms with van der Waals surface area (Å²) in [5, 5.41) is 4.12. The Kier molecular flexibility index (Phi) is 5.20. The van der Waals surface area contributed by atoms with Gasteiger partial charge in [0.15, 0.2) is 0 Å². The fourth-order valence-corrected chi connectivity index (χ4v) is 4.14. The Morgan fingerprint density at radius 1 is 1.00 bits per heavy atom. The van der Waals surface area contributed by atoms with Gasteiger partial charge in [-0.1, -0.05) is 22.9 Å². The molecular weight excluding hydrogens is 382 g/mol. The molecule has 0 spiro atoms. The highest BCUT2D eigenvalue weighted by Crippen LogP contribution is 2.36. The summed E-state index contributed by atoms with van der Waals surface area (Å²) in [7, 11) is 3.18. The molecule has 0 saturated carbocycles. The quantitative estimate of drug-likeness (QED) is 0.631. The molecule has 1 atom stereocenters. The first-order valence-electron chi connectivity index (χ1n) is 9.85. The van der Waals surface area contributed by atoms with Crippen molar-refractivity contribution < 1.29 is 18.8 Å². The van der Waals surface area contributed by atoms with Crippen LogP contribution in [0.5, 0.6) is 11.5 Å². The summed E-state index contributed by atoms with van der Waals surface area (Å²) in [5.41, 5.74) is 5.08. The fraction of sp³-hybridized carbons (Fsp3) is 0.348. The van der Waals surface area contributed by atoms with Gasteiger partial charge in [0.25, 0.3) is 0 Å². The number of methoxy groups -OCH3 is 2. The summed E-state index contributed by atoms with van der Waals surface area (Å²) >= 11 is 0. The van der Waals surface area contributed by atoms with E-state index in [4.69, 9.17) is 14.0 Å². The van der Waals surface area contributed by atoms with Crippen LogP contribution in [0.3, 0.4) is 0 Å². The first-order valence-corrected chi connectivity index (χ1v) is 9.85. The molecular formula is C23H25N3O4. The minimum atomic E-state index is -0.147. The van der Waals surface area contributed by atoms with Crippen LogP contribution >= 0.6 is 0 Å². The second-order valence-corrected chi connectivity index (χ2v) is 7.71. The molecule has 4 rings (SSSR count). The Hall–Kier alpha value is -3.35. The van der Waals surface area contributed by atoms with E-state index in [9.17, 15) is 4.79 Å². The van der Waals surface area contributed by atoms with Crippen LogP contribution in [0.15, 0.2) is 34.9 Å². The number of carbonyl (C=O) groups is 1. The SMILES string of the molecule is COc1cc(OC)cc(-c2noc(C3CC(=O)N(c4c(C)cc(C)cc4C)C3)n2)c1. The summed E-state index contributed by atoms with van der Waals surface area (Å²) in [5.74, 6) is 2.11. The van der Waals surface area contributed by atoms with Crippen molar-refractivity contribution in [2.75, 3.05) is 25.7 Å². The molecule has 1 aromatic heterocycles. The Balaban J connectivity index is 1.61. The lowest BCUT2D eigenvalue weighted by Crippen LogP contribution is -2.26. The summed E-state index contributed by atoms with van der Waals surface area (Å²) in [6.45, 7) is 6.66. The smallest absolute Gasteiger partial charge is 0.232 e. The number of anilines is 1. The van der Waals surface area contributed by atoms with E-state index < -0.39 is 0 Å². The van der Waals surface area contributed by atoms with Crippen LogP contribution in [0.4, 0.5) is 5.69 Å². The van der Waals surface area contributed by atoms with Crippen molar-refractivity contribution in [1.29, 1.82) is 0 Å². The van der Waals surface area contributed by atoms with Crippen LogP contribution in [0.1, 0.15) is 34.9 Å². The highest BCUT2D eigenvalue weighted by Gasteiger charge is 2.36. The number of hydrogen-bond acceptors (Lipinski definition) is 6. The van der Waals surface area contributed by atoms with Gasteiger partial charge in [0.1, 0.15) is 11.5 Å². The van der Waals surface area contributed by atoms with Crippen LogP contribution in [0, 0.1) is 20.8 Å². The van der Waals surface area contributed by atoms with Crippen molar-refractivity contribution in [2.45, 2.75) is 33.1 Å². The standard InChI is InChI=1S/C23H25N3O4/c1-13-6-14(2)21(15(3)7-13)26-12-17(10-20(26)27)23-24-22(25-30-23)16-8-18(28-4)11-19(9-16)29-5/h6-9,11,17H,10,12H2,1-5H3. The normalized spacial score (nSPS) is 16.2. The van der Waals surface area contributed by atoms with Crippen molar-refractivity contribution in [3.05, 3.63) is 52.9 Å². The van der Waals surface area contributed by atoms with Gasteiger partial charge in [0, 0.05) is 30.3 Å². The number of hydrogen-bond donors (Lipinski definition) is 0. The topological polar surface area (TPSA) is 77.7 Å². The number of nitrogens with zero attached hydrogens (tertiary/aromatic N) is 3. The third kappa shape index (κ3) is 3.63. The van der Waals surface area contributed by atoms with Crippen LogP contribution < -0.4 is 14.4 Å². The molecule has 7 heteroatoms. The van der Waals surface area contributed by atoms with Gasteiger partial charge in [-0.3, -0.25) is 4.79 Å². The predicted octanol–water partition coefficient (Wildman–Crippen LogP) is 4.20. The lowest BCUT2D eigenvalue weighted by atomic mass is 10.0. The first kappa shape index (κ1) is 19.9. The number of carbonyl (C=O) groups excluding carboxylic acids is 1. The van der Waals surface area contributed by atoms with Gasteiger partial charge >= 0.3 is 0 Å². The highest BCUT2D eigenvalue weighted by molar-refractivity contribution is 5.97. The first-order chi connectivity index (χ1) is 14.4. The molecule has 3 aromatic rings. The van der Waals surface area contributed by atoms with E-state index in [2.05, 4.69) is 29.2 Å². The van der Waals surface area contributed by atoms with Crippen LogP contribution in [0.25, 0.3) is 11.4 Å². The largest absolute Gasteiger partial charge is 0.497 e. The van der Waals surface area contributed by atoms with Gasteiger partial charge in [-0.2, -0.15) is 4.98 Å². The third-order valence-corrected chi connectivity index (χ3v) is 5.43. The Labute approximate surface area is 175 Å². The van der Waals surface area contributed by atoms with E-state index in [1.165, 1.54) is 5.56 Å². The summed E-state index contributed by atoms with van der Waals surface area (Å²) in [6.07, 6.45) is 0.343. The molecule has 0 bridgehead atoms. The highest BCUT2D eigenvalue weighted by atomic mass is 16.5. The molecule has 1 amide bonds. The van der Waals surface area contributed by atoms with Gasteiger partial charge in [0.2, 0.25) is 17.6 Å². The van der Waals surface area contributed by atoms with Crippen LogP contribution in [-0.2, 0) is 4.79 Å². The van der Waals surface area contributed by atoms with Gasteiger partial charge < -0.3 is 18.9 Å². The second kappa shape index (κ2) is 7.82. The zero-order valence-electron chi connectivity index (χ0n) is 17.9. The zero-order chi connectivity index (χ0) is 21.4. The molecule has 1 aliphatic heterocycles. The van der Waals surface area contributed by atoms with E-state index in [0.717, 1.165) is 22.4 Å². The maximum Gasteiger partial charge on any atom is 0.232 e. The maximum absolute atomic E-state index is 12.8. The maximum atomic E-state index is 12.8. The van der Waals surface area contributed by atoms with E-state index in [0.29, 0.717) is 36.2 Å². The molecule has 0 radical (unpaired) electrons. The van der Waals surface area contributed by atoms with E-state index in [1.807, 2.05) is 30.9 Å². The monoisotopic (exact) mass is 407 g/mol. The summed E-state index contributed by atoms with van der Waals surface area (Å²) in [4.78, 5) is 19.2. The summed E-state index contributed by atoms with van der Waals surface area (Å²) in [6, 6.07) is 9.63. The van der Waals surface area contributed by atoms with Gasteiger partial charge in [-0.05, 0) is 44.0 Å². The Morgan fingerprint density at radius 2 is 1.63 bits per heavy atom. The average molecular weight is 407 g/mol. The average Bonchev–Trinajstić information content (AvgIpc) is 3.34. The lowest BCUT2D eigenvalue weighted by Gasteiger charge is -2.21. The van der Waals surface area contributed by atoms with Crippen molar-refractivity contribution in [3.8, 4) is 22.9 Å². The number of aromatic nitrogens is 2. The van der Waals surface area contributed by atoms with E-state index >= 15 is 0 Å². The van der Waals surface area contributed by atoms with Gasteiger partial charge in [-0.15, -0.1) is 0 Å². The molecule has 156 valence electrons. The molecule has 1 unspecified atom stereocenters. The molecule has 2 heterocycles. The molecule has 1 fully saturated rings.